The average molecular weight is 187 g/mol. The maximum Gasteiger partial charge on any atom is 0.131 e. The minimum absolute atomic E-state index is 0.478. The van der Waals surface area contributed by atoms with Gasteiger partial charge >= 0.3 is 0 Å². The van der Waals surface area contributed by atoms with Gasteiger partial charge in [0, 0.05) is 19.6 Å². The summed E-state index contributed by atoms with van der Waals surface area (Å²) in [5.41, 5.74) is 5.39. The van der Waals surface area contributed by atoms with Crippen molar-refractivity contribution < 1.29 is 4.74 Å². The summed E-state index contributed by atoms with van der Waals surface area (Å²) < 4.78 is 5.19. The Bertz CT molecular complexity index is 226. The summed E-state index contributed by atoms with van der Waals surface area (Å²) in [4.78, 5) is 0. The zero-order valence-corrected chi connectivity index (χ0v) is 7.93. The lowest BCUT2D eigenvalue weighted by Crippen LogP contribution is -1.97. The third-order valence-electron chi connectivity index (χ3n) is 1.35. The van der Waals surface area contributed by atoms with Crippen molar-refractivity contribution in [2.75, 3.05) is 13.2 Å². The van der Waals surface area contributed by atoms with E-state index in [0.29, 0.717) is 6.54 Å². The van der Waals surface area contributed by atoms with Crippen LogP contribution in [-0.2, 0) is 17.7 Å². The van der Waals surface area contributed by atoms with E-state index in [1.807, 2.05) is 6.92 Å². The van der Waals surface area contributed by atoms with Crippen LogP contribution in [0.1, 0.15) is 16.9 Å². The zero-order valence-electron chi connectivity index (χ0n) is 7.12. The summed E-state index contributed by atoms with van der Waals surface area (Å²) in [6, 6.07) is 0. The quantitative estimate of drug-likeness (QED) is 0.685. The Morgan fingerprint density at radius 2 is 2.17 bits per heavy atom. The topological polar surface area (TPSA) is 61.0 Å². The number of nitrogens with zero attached hydrogens (tertiary/aromatic N) is 2. The first-order chi connectivity index (χ1) is 5.86. The Morgan fingerprint density at radius 1 is 1.42 bits per heavy atom. The van der Waals surface area contributed by atoms with Gasteiger partial charge in [-0.15, -0.1) is 21.5 Å². The molecule has 0 spiro atoms. The van der Waals surface area contributed by atoms with Gasteiger partial charge < -0.3 is 10.5 Å². The molecule has 0 unspecified atom stereocenters. The molecule has 0 aliphatic rings. The predicted molar refractivity (Wildman–Crippen MR) is 48.0 cm³/mol. The summed E-state index contributed by atoms with van der Waals surface area (Å²) in [5, 5.41) is 9.76. The van der Waals surface area contributed by atoms with Crippen molar-refractivity contribution in [1.82, 2.24) is 10.2 Å². The summed E-state index contributed by atoms with van der Waals surface area (Å²) in [7, 11) is 0. The zero-order chi connectivity index (χ0) is 8.81. The lowest BCUT2D eigenvalue weighted by molar-refractivity contribution is 0.150. The largest absolute Gasteiger partial charge is 0.381 e. The van der Waals surface area contributed by atoms with Crippen molar-refractivity contribution in [2.24, 2.45) is 5.73 Å². The first-order valence-corrected chi connectivity index (χ1v) is 4.77. The molecule has 4 nitrogen and oxygen atoms in total. The lowest BCUT2D eigenvalue weighted by Gasteiger charge is -1.95. The third-order valence-corrected chi connectivity index (χ3v) is 2.35. The molecule has 1 heterocycles. The second-order valence-corrected chi connectivity index (χ2v) is 3.39. The molecule has 1 aromatic rings. The third kappa shape index (κ3) is 2.84. The molecule has 68 valence electrons. The molecule has 2 N–H and O–H groups in total. The number of hydrogen-bond acceptors (Lipinski definition) is 5. The fraction of sp³-hybridized carbons (Fsp3) is 0.714. The van der Waals surface area contributed by atoms with E-state index in [2.05, 4.69) is 10.2 Å². The van der Waals surface area contributed by atoms with E-state index in [1.54, 1.807) is 11.3 Å². The molecule has 1 rings (SSSR count). The molecule has 0 radical (unpaired) electrons. The van der Waals surface area contributed by atoms with Gasteiger partial charge in [0.2, 0.25) is 0 Å². The highest BCUT2D eigenvalue weighted by molar-refractivity contribution is 7.11. The summed E-state index contributed by atoms with van der Waals surface area (Å²) in [6.07, 6.45) is 0.839. The average Bonchev–Trinajstić information content (AvgIpc) is 2.53. The minimum atomic E-state index is 0.478. The highest BCUT2D eigenvalue weighted by Crippen LogP contribution is 2.08. The SMILES string of the molecule is CCOCCc1nnc(CN)s1. The first-order valence-electron chi connectivity index (χ1n) is 3.96. The number of nitrogens with two attached hydrogens (primary N) is 1. The summed E-state index contributed by atoms with van der Waals surface area (Å²) in [5.74, 6) is 0. The molecule has 0 aliphatic carbocycles. The van der Waals surface area contributed by atoms with Crippen molar-refractivity contribution >= 4 is 11.3 Å². The molecule has 12 heavy (non-hydrogen) atoms. The maximum atomic E-state index is 5.39. The molecule has 5 heteroatoms. The van der Waals surface area contributed by atoms with Gasteiger partial charge in [-0.25, -0.2) is 0 Å². The van der Waals surface area contributed by atoms with Gasteiger partial charge in [0.25, 0.3) is 0 Å². The molecular formula is C7H13N3OS. The maximum absolute atomic E-state index is 5.39. The number of aromatic nitrogens is 2. The highest BCUT2D eigenvalue weighted by atomic mass is 32.1. The fourth-order valence-corrected chi connectivity index (χ4v) is 1.48. The standard InChI is InChI=1S/C7H13N3OS/c1-2-11-4-3-6-9-10-7(5-8)12-6/h2-5,8H2,1H3. The molecular weight excluding hydrogens is 174 g/mol. The number of hydrogen-bond donors (Lipinski definition) is 1. The van der Waals surface area contributed by atoms with E-state index in [-0.39, 0.29) is 0 Å². The van der Waals surface area contributed by atoms with Gasteiger partial charge in [-0.05, 0) is 6.92 Å². The predicted octanol–water partition coefficient (Wildman–Crippen LogP) is 0.576. The van der Waals surface area contributed by atoms with Gasteiger partial charge in [0.15, 0.2) is 0 Å². The van der Waals surface area contributed by atoms with Crippen LogP contribution >= 0.6 is 11.3 Å². The second-order valence-electron chi connectivity index (χ2n) is 2.24. The van der Waals surface area contributed by atoms with Crippen LogP contribution < -0.4 is 5.73 Å². The van der Waals surface area contributed by atoms with E-state index in [1.165, 1.54) is 0 Å². The molecule has 0 aromatic carbocycles. The molecule has 0 saturated carbocycles. The van der Waals surface area contributed by atoms with Gasteiger partial charge in [-0.3, -0.25) is 0 Å². The van der Waals surface area contributed by atoms with E-state index in [0.717, 1.165) is 29.6 Å². The Morgan fingerprint density at radius 3 is 2.75 bits per heavy atom. The second kappa shape index (κ2) is 5.18. The normalized spacial score (nSPS) is 10.5. The summed E-state index contributed by atoms with van der Waals surface area (Å²) in [6.45, 7) is 3.93. The van der Waals surface area contributed by atoms with Crippen molar-refractivity contribution in [2.45, 2.75) is 19.9 Å². The van der Waals surface area contributed by atoms with Gasteiger partial charge in [-0.1, -0.05) is 0 Å². The van der Waals surface area contributed by atoms with Crippen molar-refractivity contribution in [3.05, 3.63) is 10.0 Å². The van der Waals surface area contributed by atoms with E-state index >= 15 is 0 Å². The Balaban J connectivity index is 2.31. The van der Waals surface area contributed by atoms with Crippen LogP contribution in [0.15, 0.2) is 0 Å². The highest BCUT2D eigenvalue weighted by Gasteiger charge is 2.01. The van der Waals surface area contributed by atoms with Crippen LogP contribution in [0.4, 0.5) is 0 Å². The van der Waals surface area contributed by atoms with Crippen LogP contribution in [0.25, 0.3) is 0 Å². The smallest absolute Gasteiger partial charge is 0.131 e. The van der Waals surface area contributed by atoms with Crippen LogP contribution in [0.3, 0.4) is 0 Å². The van der Waals surface area contributed by atoms with Gasteiger partial charge in [0.1, 0.15) is 10.0 Å². The molecule has 0 bridgehead atoms. The molecule has 0 saturated heterocycles. The number of rotatable bonds is 5. The fourth-order valence-electron chi connectivity index (χ4n) is 0.776. The van der Waals surface area contributed by atoms with Crippen molar-refractivity contribution in [3.63, 3.8) is 0 Å². The summed E-state index contributed by atoms with van der Waals surface area (Å²) >= 11 is 1.56. The van der Waals surface area contributed by atoms with Crippen LogP contribution in [-0.4, -0.2) is 23.4 Å². The van der Waals surface area contributed by atoms with Crippen LogP contribution in [0.5, 0.6) is 0 Å². The lowest BCUT2D eigenvalue weighted by atomic mass is 10.5. The van der Waals surface area contributed by atoms with Crippen molar-refractivity contribution in [3.8, 4) is 0 Å². The van der Waals surface area contributed by atoms with E-state index in [9.17, 15) is 0 Å². The van der Waals surface area contributed by atoms with E-state index < -0.39 is 0 Å². The number of ether oxygens (including phenoxy) is 1. The van der Waals surface area contributed by atoms with Crippen LogP contribution in [0, 0.1) is 0 Å². The Kier molecular flexibility index (Phi) is 4.13. The molecule has 0 aliphatic heterocycles. The Labute approximate surface area is 75.8 Å². The van der Waals surface area contributed by atoms with E-state index in [4.69, 9.17) is 10.5 Å². The minimum Gasteiger partial charge on any atom is -0.381 e. The van der Waals surface area contributed by atoms with Crippen molar-refractivity contribution in [1.29, 1.82) is 0 Å². The monoisotopic (exact) mass is 187 g/mol. The molecule has 1 aromatic heterocycles. The first kappa shape index (κ1) is 9.57. The molecule has 0 fully saturated rings. The van der Waals surface area contributed by atoms with Gasteiger partial charge in [0.05, 0.1) is 6.61 Å². The van der Waals surface area contributed by atoms with Gasteiger partial charge in [-0.2, -0.15) is 0 Å². The molecule has 0 atom stereocenters. The Hall–Kier alpha value is -0.520. The molecule has 0 amide bonds. The van der Waals surface area contributed by atoms with Crippen LogP contribution in [0.2, 0.25) is 0 Å².